The molecule has 23 heavy (non-hydrogen) atoms. The molecule has 0 amide bonds. The molecule has 0 aliphatic carbocycles. The third-order valence-corrected chi connectivity index (χ3v) is 4.63. The zero-order valence-electron chi connectivity index (χ0n) is 12.4. The molecule has 4 rings (SSSR count). The second kappa shape index (κ2) is 5.89. The van der Waals surface area contributed by atoms with E-state index in [9.17, 15) is 0 Å². The molecule has 1 aliphatic heterocycles. The monoisotopic (exact) mass is 321 g/mol. The number of hydrogen-bond donors (Lipinski definition) is 1. The van der Waals surface area contributed by atoms with Gasteiger partial charge in [-0.2, -0.15) is 0 Å². The Morgan fingerprint density at radius 2 is 1.96 bits per heavy atom. The summed E-state index contributed by atoms with van der Waals surface area (Å²) < 4.78 is 2.26. The Labute approximate surface area is 138 Å². The third kappa shape index (κ3) is 2.73. The van der Waals surface area contributed by atoms with Crippen LogP contribution in [-0.2, 0) is 6.54 Å². The van der Waals surface area contributed by atoms with E-state index in [1.54, 1.807) is 18.0 Å². The van der Waals surface area contributed by atoms with Gasteiger partial charge in [-0.05, 0) is 18.2 Å². The smallest absolute Gasteiger partial charge is 0.220 e. The van der Waals surface area contributed by atoms with E-state index in [4.69, 9.17) is 10.7 Å². The van der Waals surface area contributed by atoms with Crippen molar-refractivity contribution in [3.05, 3.63) is 54.0 Å². The van der Waals surface area contributed by atoms with Gasteiger partial charge in [0.1, 0.15) is 0 Å². The fraction of sp³-hybridized carbons (Fsp3) is 0.118. The number of nitrogens with two attached hydrogens (primary N) is 1. The van der Waals surface area contributed by atoms with Crippen LogP contribution in [0.25, 0.3) is 23.4 Å². The molecule has 0 bridgehead atoms. The zero-order chi connectivity index (χ0) is 15.6. The van der Waals surface area contributed by atoms with Gasteiger partial charge in [-0.1, -0.05) is 42.1 Å². The Morgan fingerprint density at radius 3 is 2.78 bits per heavy atom. The second-order valence-electron chi connectivity index (χ2n) is 5.17. The van der Waals surface area contributed by atoms with Gasteiger partial charge < -0.3 is 10.3 Å². The van der Waals surface area contributed by atoms with Crippen molar-refractivity contribution >= 4 is 29.9 Å². The van der Waals surface area contributed by atoms with Crippen LogP contribution in [0.4, 0.5) is 5.95 Å². The van der Waals surface area contributed by atoms with E-state index in [1.807, 2.05) is 30.3 Å². The highest BCUT2D eigenvalue weighted by molar-refractivity contribution is 7.99. The molecule has 0 atom stereocenters. The van der Waals surface area contributed by atoms with E-state index in [-0.39, 0.29) is 5.95 Å². The van der Waals surface area contributed by atoms with E-state index in [0.29, 0.717) is 0 Å². The quantitative estimate of drug-likeness (QED) is 0.802. The van der Waals surface area contributed by atoms with Gasteiger partial charge >= 0.3 is 0 Å². The number of nitrogen functional groups attached to an aromatic ring is 1. The predicted molar refractivity (Wildman–Crippen MR) is 93.8 cm³/mol. The first-order valence-corrected chi connectivity index (χ1v) is 8.35. The summed E-state index contributed by atoms with van der Waals surface area (Å²) in [4.78, 5) is 12.9. The normalized spacial score (nSPS) is 13.6. The number of fused-ring (bicyclic) bond motifs is 1. The number of thioether (sulfide) groups is 1. The number of imidazole rings is 1. The van der Waals surface area contributed by atoms with Crippen molar-refractivity contribution in [2.75, 3.05) is 11.5 Å². The number of rotatable bonds is 3. The summed E-state index contributed by atoms with van der Waals surface area (Å²) in [6.07, 6.45) is 5.68. The number of hydrogen-bond acceptors (Lipinski definition) is 5. The van der Waals surface area contributed by atoms with Crippen molar-refractivity contribution in [2.24, 2.45) is 0 Å². The fourth-order valence-corrected chi connectivity index (χ4v) is 3.58. The molecule has 6 heteroatoms. The molecule has 0 fully saturated rings. The molecule has 5 nitrogen and oxygen atoms in total. The average Bonchev–Trinajstić information content (AvgIpc) is 3.15. The number of aromatic nitrogens is 4. The summed E-state index contributed by atoms with van der Waals surface area (Å²) in [6.45, 7) is 0.978. The largest absolute Gasteiger partial charge is 0.368 e. The van der Waals surface area contributed by atoms with Gasteiger partial charge in [-0.3, -0.25) is 0 Å². The van der Waals surface area contributed by atoms with Crippen LogP contribution in [0.5, 0.6) is 0 Å². The summed E-state index contributed by atoms with van der Waals surface area (Å²) in [5.41, 5.74) is 9.66. The summed E-state index contributed by atoms with van der Waals surface area (Å²) >= 11 is 1.79. The van der Waals surface area contributed by atoms with Crippen LogP contribution in [0.1, 0.15) is 11.4 Å². The molecule has 3 heterocycles. The molecule has 0 spiro atoms. The van der Waals surface area contributed by atoms with Gasteiger partial charge in [0, 0.05) is 24.1 Å². The fourth-order valence-electron chi connectivity index (χ4n) is 2.62. The Bertz CT molecular complexity index is 870. The Balaban J connectivity index is 1.78. The lowest BCUT2D eigenvalue weighted by Gasteiger charge is -2.03. The van der Waals surface area contributed by atoms with E-state index in [1.165, 1.54) is 0 Å². The minimum Gasteiger partial charge on any atom is -0.368 e. The summed E-state index contributed by atoms with van der Waals surface area (Å²) in [5, 5.41) is 1.07. The summed E-state index contributed by atoms with van der Waals surface area (Å²) in [6, 6.07) is 12.1. The minimum absolute atomic E-state index is 0.282. The first kappa shape index (κ1) is 14.0. The minimum atomic E-state index is 0.282. The van der Waals surface area contributed by atoms with Crippen LogP contribution in [-0.4, -0.2) is 25.3 Å². The molecule has 0 saturated carbocycles. The Hall–Kier alpha value is -2.60. The third-order valence-electron chi connectivity index (χ3n) is 3.67. The molecular formula is C17H15N5S. The number of benzene rings is 1. The highest BCUT2D eigenvalue weighted by atomic mass is 32.2. The van der Waals surface area contributed by atoms with Gasteiger partial charge in [0.15, 0.2) is 5.16 Å². The van der Waals surface area contributed by atoms with Gasteiger partial charge in [-0.25, -0.2) is 15.0 Å². The van der Waals surface area contributed by atoms with Gasteiger partial charge in [0.05, 0.1) is 17.1 Å². The van der Waals surface area contributed by atoms with Gasteiger partial charge in [-0.15, -0.1) is 0 Å². The molecule has 114 valence electrons. The highest BCUT2D eigenvalue weighted by Gasteiger charge is 2.20. The lowest BCUT2D eigenvalue weighted by atomic mass is 10.1. The van der Waals surface area contributed by atoms with Gasteiger partial charge in [0.2, 0.25) is 5.95 Å². The average molecular weight is 321 g/mol. The molecule has 0 radical (unpaired) electrons. The standard InChI is InChI=1S/C17H15N5S/c18-16-19-9-8-13(20-16)6-7-14-15(12-4-2-1-3-5-12)21-17-22(14)10-11-23-17/h1-9H,10-11H2,(H2,18,19,20)/b7-6+. The molecule has 1 aromatic carbocycles. The van der Waals surface area contributed by atoms with Crippen molar-refractivity contribution in [1.29, 1.82) is 0 Å². The molecule has 2 aromatic heterocycles. The van der Waals surface area contributed by atoms with E-state index in [2.05, 4.69) is 32.7 Å². The molecule has 0 saturated heterocycles. The van der Waals surface area contributed by atoms with Crippen LogP contribution < -0.4 is 5.73 Å². The van der Waals surface area contributed by atoms with Crippen molar-refractivity contribution in [3.63, 3.8) is 0 Å². The molecular weight excluding hydrogens is 306 g/mol. The van der Waals surface area contributed by atoms with Crippen LogP contribution in [0.2, 0.25) is 0 Å². The van der Waals surface area contributed by atoms with Crippen molar-refractivity contribution in [3.8, 4) is 11.3 Å². The van der Waals surface area contributed by atoms with Crippen LogP contribution >= 0.6 is 11.8 Å². The topological polar surface area (TPSA) is 69.6 Å². The molecule has 2 N–H and O–H groups in total. The molecule has 3 aromatic rings. The van der Waals surface area contributed by atoms with Crippen LogP contribution in [0, 0.1) is 0 Å². The lowest BCUT2D eigenvalue weighted by molar-refractivity contribution is 0.713. The lowest BCUT2D eigenvalue weighted by Crippen LogP contribution is -1.97. The summed E-state index contributed by atoms with van der Waals surface area (Å²) in [5.74, 6) is 1.35. The first-order valence-electron chi connectivity index (χ1n) is 7.36. The Kier molecular flexibility index (Phi) is 3.59. The number of nitrogens with zero attached hydrogens (tertiary/aromatic N) is 4. The van der Waals surface area contributed by atoms with Crippen LogP contribution in [0.15, 0.2) is 47.8 Å². The maximum atomic E-state index is 5.64. The predicted octanol–water partition coefficient (Wildman–Crippen LogP) is 3.20. The van der Waals surface area contributed by atoms with Crippen molar-refractivity contribution < 1.29 is 0 Å². The van der Waals surface area contributed by atoms with E-state index in [0.717, 1.165) is 40.1 Å². The number of anilines is 1. The second-order valence-corrected chi connectivity index (χ2v) is 6.23. The summed E-state index contributed by atoms with van der Waals surface area (Å²) in [7, 11) is 0. The SMILES string of the molecule is Nc1nccc(/C=C/c2c(-c3ccccc3)nc3n2CCS3)n1. The molecule has 0 unspecified atom stereocenters. The van der Waals surface area contributed by atoms with Crippen molar-refractivity contribution in [1.82, 2.24) is 19.5 Å². The van der Waals surface area contributed by atoms with E-state index >= 15 is 0 Å². The highest BCUT2D eigenvalue weighted by Crippen LogP contribution is 2.34. The van der Waals surface area contributed by atoms with Crippen molar-refractivity contribution in [2.45, 2.75) is 11.7 Å². The van der Waals surface area contributed by atoms with E-state index < -0.39 is 0 Å². The van der Waals surface area contributed by atoms with Gasteiger partial charge in [0.25, 0.3) is 0 Å². The Morgan fingerprint density at radius 1 is 1.09 bits per heavy atom. The molecule has 1 aliphatic rings. The maximum absolute atomic E-state index is 5.64. The van der Waals surface area contributed by atoms with Crippen LogP contribution in [0.3, 0.4) is 0 Å². The first-order chi connectivity index (χ1) is 11.3. The maximum Gasteiger partial charge on any atom is 0.220 e. The zero-order valence-corrected chi connectivity index (χ0v) is 13.2.